The van der Waals surface area contributed by atoms with Crippen LogP contribution >= 0.6 is 11.3 Å². The molecular weight excluding hydrogens is 288 g/mol. The highest BCUT2D eigenvalue weighted by Crippen LogP contribution is 2.34. The molecule has 1 aliphatic rings. The number of rotatable bonds is 5. The summed E-state index contributed by atoms with van der Waals surface area (Å²) >= 11 is 1.78. The Morgan fingerprint density at radius 1 is 1.33 bits per heavy atom. The molecule has 6 nitrogen and oxygen atoms in total. The quantitative estimate of drug-likeness (QED) is 0.859. The molecule has 0 saturated heterocycles. The Morgan fingerprint density at radius 3 is 3.05 bits per heavy atom. The van der Waals surface area contributed by atoms with Gasteiger partial charge < -0.3 is 5.11 Å². The fourth-order valence-electron chi connectivity index (χ4n) is 2.69. The number of hydrogen-bond acceptors (Lipinski definition) is 5. The highest BCUT2D eigenvalue weighted by atomic mass is 32.1. The van der Waals surface area contributed by atoms with Gasteiger partial charge in [-0.05, 0) is 54.2 Å². The van der Waals surface area contributed by atoms with Crippen LogP contribution in [-0.4, -0.2) is 31.3 Å². The molecule has 7 heteroatoms. The first-order chi connectivity index (χ1) is 10.2. The first kappa shape index (κ1) is 14.2. The fourth-order valence-corrected chi connectivity index (χ4v) is 3.93. The molecule has 0 aliphatic heterocycles. The van der Waals surface area contributed by atoms with Crippen molar-refractivity contribution >= 4 is 17.3 Å². The molecule has 112 valence electrons. The lowest BCUT2D eigenvalue weighted by Crippen LogP contribution is -2.05. The average Bonchev–Trinajstić information content (AvgIpc) is 3.00. The summed E-state index contributed by atoms with van der Waals surface area (Å²) in [7, 11) is 0. The van der Waals surface area contributed by atoms with Crippen molar-refractivity contribution in [2.45, 2.75) is 51.5 Å². The van der Waals surface area contributed by atoms with Gasteiger partial charge >= 0.3 is 5.97 Å². The molecule has 0 unspecified atom stereocenters. The third kappa shape index (κ3) is 3.29. The van der Waals surface area contributed by atoms with Crippen LogP contribution in [0.3, 0.4) is 0 Å². The summed E-state index contributed by atoms with van der Waals surface area (Å²) < 4.78 is 1.72. The van der Waals surface area contributed by atoms with Gasteiger partial charge in [0, 0.05) is 17.8 Å². The van der Waals surface area contributed by atoms with Crippen LogP contribution in [0.4, 0.5) is 0 Å². The van der Waals surface area contributed by atoms with Crippen molar-refractivity contribution in [1.82, 2.24) is 20.2 Å². The molecular formula is C14H18N4O2S. The van der Waals surface area contributed by atoms with Crippen molar-refractivity contribution in [1.29, 1.82) is 0 Å². The van der Waals surface area contributed by atoms with E-state index < -0.39 is 5.97 Å². The Hall–Kier alpha value is -1.76. The van der Waals surface area contributed by atoms with E-state index in [9.17, 15) is 4.79 Å². The standard InChI is InChI=1S/C14H18N4O2S/c19-13(20)7-4-8-18-14(15-16-17-18)12-9-10-5-2-1-3-6-11(10)21-12/h9H,1-8H2,(H,19,20). The van der Waals surface area contributed by atoms with Crippen molar-refractivity contribution < 1.29 is 9.90 Å². The number of aliphatic carboxylic acids is 1. The first-order valence-electron chi connectivity index (χ1n) is 7.34. The number of carboxylic acids is 1. The number of carbonyl (C=O) groups is 1. The highest BCUT2D eigenvalue weighted by Gasteiger charge is 2.17. The predicted octanol–water partition coefficient (Wildman–Crippen LogP) is 2.54. The second-order valence-electron chi connectivity index (χ2n) is 5.34. The Labute approximate surface area is 126 Å². The zero-order valence-electron chi connectivity index (χ0n) is 11.8. The minimum absolute atomic E-state index is 0.139. The van der Waals surface area contributed by atoms with Crippen LogP contribution in [0.15, 0.2) is 6.07 Å². The molecule has 2 aromatic heterocycles. The lowest BCUT2D eigenvalue weighted by Gasteiger charge is -2.01. The smallest absolute Gasteiger partial charge is 0.303 e. The van der Waals surface area contributed by atoms with Crippen LogP contribution in [0.5, 0.6) is 0 Å². The van der Waals surface area contributed by atoms with E-state index >= 15 is 0 Å². The molecule has 2 aromatic rings. The number of nitrogens with zero attached hydrogens (tertiary/aromatic N) is 4. The van der Waals surface area contributed by atoms with Gasteiger partial charge in [0.1, 0.15) is 0 Å². The van der Waals surface area contributed by atoms with Crippen molar-refractivity contribution in [2.75, 3.05) is 0 Å². The molecule has 0 spiro atoms. The largest absolute Gasteiger partial charge is 0.481 e. The minimum atomic E-state index is -0.785. The van der Waals surface area contributed by atoms with Crippen LogP contribution in [0, 0.1) is 0 Å². The molecule has 0 bridgehead atoms. The summed E-state index contributed by atoms with van der Waals surface area (Å²) in [5.41, 5.74) is 1.44. The molecule has 3 rings (SSSR count). The molecule has 0 amide bonds. The number of fused-ring (bicyclic) bond motifs is 1. The predicted molar refractivity (Wildman–Crippen MR) is 79.3 cm³/mol. The fraction of sp³-hybridized carbons (Fsp3) is 0.571. The Balaban J connectivity index is 1.78. The molecule has 0 radical (unpaired) electrons. The van der Waals surface area contributed by atoms with Gasteiger partial charge in [0.15, 0.2) is 5.82 Å². The Morgan fingerprint density at radius 2 is 2.19 bits per heavy atom. The molecule has 0 saturated carbocycles. The third-order valence-corrected chi connectivity index (χ3v) is 4.99. The van der Waals surface area contributed by atoms with Crippen LogP contribution in [-0.2, 0) is 24.2 Å². The summed E-state index contributed by atoms with van der Waals surface area (Å²) in [6, 6.07) is 2.21. The second-order valence-corrected chi connectivity index (χ2v) is 6.48. The van der Waals surface area contributed by atoms with Gasteiger partial charge in [-0.3, -0.25) is 4.79 Å². The van der Waals surface area contributed by atoms with Crippen LogP contribution < -0.4 is 0 Å². The highest BCUT2D eigenvalue weighted by molar-refractivity contribution is 7.15. The molecule has 2 heterocycles. The van der Waals surface area contributed by atoms with Gasteiger partial charge in [0.05, 0.1) is 4.88 Å². The molecule has 1 N–H and O–H groups in total. The van der Waals surface area contributed by atoms with Crippen molar-refractivity contribution in [2.24, 2.45) is 0 Å². The first-order valence-corrected chi connectivity index (χ1v) is 8.15. The van der Waals surface area contributed by atoms with Gasteiger partial charge in [-0.25, -0.2) is 4.68 Å². The number of carboxylic acid groups (broad SMARTS) is 1. The van der Waals surface area contributed by atoms with Gasteiger partial charge in [0.25, 0.3) is 0 Å². The molecule has 0 atom stereocenters. The normalized spacial score (nSPS) is 14.7. The molecule has 1 aliphatic carbocycles. The summed E-state index contributed by atoms with van der Waals surface area (Å²) in [5.74, 6) is -0.0223. The number of tetrazole rings is 1. The van der Waals surface area contributed by atoms with Gasteiger partial charge in [-0.1, -0.05) is 6.42 Å². The Kier molecular flexibility index (Phi) is 4.28. The van der Waals surface area contributed by atoms with Gasteiger partial charge in [0.2, 0.25) is 0 Å². The SMILES string of the molecule is O=C(O)CCCn1nnnc1-c1cc2c(s1)CCCCC2. The van der Waals surface area contributed by atoms with E-state index in [0.29, 0.717) is 13.0 Å². The van der Waals surface area contributed by atoms with Crippen molar-refractivity contribution in [3.63, 3.8) is 0 Å². The molecule has 21 heavy (non-hydrogen) atoms. The Bertz CT molecular complexity index is 611. The maximum Gasteiger partial charge on any atom is 0.303 e. The van der Waals surface area contributed by atoms with Crippen LogP contribution in [0.2, 0.25) is 0 Å². The maximum absolute atomic E-state index is 10.6. The second kappa shape index (κ2) is 6.34. The van der Waals surface area contributed by atoms with Crippen LogP contribution in [0.25, 0.3) is 10.7 Å². The van der Waals surface area contributed by atoms with E-state index in [1.165, 1.54) is 29.7 Å². The monoisotopic (exact) mass is 306 g/mol. The lowest BCUT2D eigenvalue weighted by molar-refractivity contribution is -0.137. The van der Waals surface area contributed by atoms with E-state index in [-0.39, 0.29) is 6.42 Å². The zero-order chi connectivity index (χ0) is 14.7. The van der Waals surface area contributed by atoms with E-state index in [0.717, 1.165) is 23.5 Å². The number of thiophene rings is 1. The average molecular weight is 306 g/mol. The lowest BCUT2D eigenvalue weighted by atomic mass is 10.1. The number of aromatic nitrogens is 4. The summed E-state index contributed by atoms with van der Waals surface area (Å²) in [6.45, 7) is 0.539. The van der Waals surface area contributed by atoms with Gasteiger partial charge in [-0.2, -0.15) is 0 Å². The summed E-state index contributed by atoms with van der Waals surface area (Å²) in [6.07, 6.45) is 6.80. The third-order valence-electron chi connectivity index (χ3n) is 3.76. The molecule has 0 fully saturated rings. The minimum Gasteiger partial charge on any atom is -0.481 e. The van der Waals surface area contributed by atoms with E-state index in [4.69, 9.17) is 5.11 Å². The number of aryl methyl sites for hydroxylation is 3. The van der Waals surface area contributed by atoms with Crippen LogP contribution in [0.1, 0.15) is 42.5 Å². The summed E-state index contributed by atoms with van der Waals surface area (Å²) in [5, 5.41) is 20.5. The molecule has 0 aromatic carbocycles. The van der Waals surface area contributed by atoms with E-state index in [1.807, 2.05) is 0 Å². The zero-order valence-corrected chi connectivity index (χ0v) is 12.6. The maximum atomic E-state index is 10.6. The van der Waals surface area contributed by atoms with Crippen molar-refractivity contribution in [3.8, 4) is 10.7 Å². The van der Waals surface area contributed by atoms with E-state index in [2.05, 4.69) is 21.6 Å². The van der Waals surface area contributed by atoms with E-state index in [1.54, 1.807) is 16.0 Å². The topological polar surface area (TPSA) is 80.9 Å². The van der Waals surface area contributed by atoms with Crippen molar-refractivity contribution in [3.05, 3.63) is 16.5 Å². The number of hydrogen-bond donors (Lipinski definition) is 1. The summed E-state index contributed by atoms with van der Waals surface area (Å²) in [4.78, 5) is 13.1. The van der Waals surface area contributed by atoms with Gasteiger partial charge in [-0.15, -0.1) is 16.4 Å².